The van der Waals surface area contributed by atoms with Crippen LogP contribution >= 0.6 is 11.3 Å². The van der Waals surface area contributed by atoms with Crippen LogP contribution in [0.3, 0.4) is 0 Å². The third-order valence-corrected chi connectivity index (χ3v) is 5.22. The van der Waals surface area contributed by atoms with Crippen molar-refractivity contribution in [1.82, 2.24) is 4.90 Å². The first-order valence-corrected chi connectivity index (χ1v) is 9.13. The molecule has 0 saturated carbocycles. The first kappa shape index (κ1) is 16.8. The van der Waals surface area contributed by atoms with Crippen LogP contribution in [0.15, 0.2) is 30.3 Å². The smallest absolute Gasteiger partial charge is 0.263 e. The molecule has 1 atom stereocenters. The van der Waals surface area contributed by atoms with Gasteiger partial charge in [-0.3, -0.25) is 4.79 Å². The van der Waals surface area contributed by atoms with Crippen molar-refractivity contribution in [2.45, 2.75) is 32.8 Å². The summed E-state index contributed by atoms with van der Waals surface area (Å²) in [7, 11) is 1.82. The minimum atomic E-state index is -0.148. The largest absolute Gasteiger partial charge is 0.486 e. The highest BCUT2D eigenvalue weighted by atomic mass is 32.1. The number of benzene rings is 1. The van der Waals surface area contributed by atoms with Crippen molar-refractivity contribution in [2.24, 2.45) is 0 Å². The third-order valence-electron chi connectivity index (χ3n) is 4.14. The molecule has 128 valence electrons. The van der Waals surface area contributed by atoms with Crippen LogP contribution in [0.5, 0.6) is 11.5 Å². The molecule has 0 bridgehead atoms. The van der Waals surface area contributed by atoms with Crippen molar-refractivity contribution in [3.8, 4) is 11.5 Å². The van der Waals surface area contributed by atoms with Gasteiger partial charge in [0, 0.05) is 11.9 Å². The molecular formula is C19H23NO3S. The van der Waals surface area contributed by atoms with Gasteiger partial charge in [0.1, 0.15) is 6.61 Å². The number of fused-ring (bicyclic) bond motifs is 1. The van der Waals surface area contributed by atoms with E-state index in [4.69, 9.17) is 9.47 Å². The van der Waals surface area contributed by atoms with Crippen molar-refractivity contribution in [1.29, 1.82) is 0 Å². The first-order valence-electron chi connectivity index (χ1n) is 8.31. The lowest BCUT2D eigenvalue weighted by molar-refractivity contribution is 0.0524. The van der Waals surface area contributed by atoms with Gasteiger partial charge < -0.3 is 14.4 Å². The van der Waals surface area contributed by atoms with Crippen molar-refractivity contribution in [3.63, 3.8) is 0 Å². The fourth-order valence-corrected chi connectivity index (χ4v) is 3.94. The topological polar surface area (TPSA) is 38.8 Å². The zero-order valence-electron chi connectivity index (χ0n) is 14.4. The van der Waals surface area contributed by atoms with Gasteiger partial charge in [-0.05, 0) is 37.1 Å². The molecule has 0 spiro atoms. The molecule has 1 aromatic heterocycles. The Morgan fingerprint density at radius 3 is 2.83 bits per heavy atom. The van der Waals surface area contributed by atoms with Crippen LogP contribution < -0.4 is 9.47 Å². The number of carbonyl (C=O) groups excluding carboxylic acids is 1. The Morgan fingerprint density at radius 2 is 2.08 bits per heavy atom. The standard InChI is InChI=1S/C19H23NO3S/c1-4-7-14-10-18(24-13(14)2)19(21)20(3)11-15-12-22-16-8-5-6-9-17(16)23-15/h5-6,8-10,15H,4,7,11-12H2,1-3H3/t15-/m0/s1. The number of carbonyl (C=O) groups is 1. The molecule has 24 heavy (non-hydrogen) atoms. The molecule has 2 aromatic rings. The van der Waals surface area contributed by atoms with Crippen LogP contribution in [0.25, 0.3) is 0 Å². The van der Waals surface area contributed by atoms with E-state index in [0.717, 1.165) is 29.2 Å². The lowest BCUT2D eigenvalue weighted by Gasteiger charge is -2.29. The fourth-order valence-electron chi connectivity index (χ4n) is 2.87. The molecule has 0 fully saturated rings. The fraction of sp³-hybridized carbons (Fsp3) is 0.421. The van der Waals surface area contributed by atoms with E-state index in [2.05, 4.69) is 13.8 Å². The van der Waals surface area contributed by atoms with Gasteiger partial charge in [0.2, 0.25) is 0 Å². The summed E-state index contributed by atoms with van der Waals surface area (Å²) in [6.45, 7) is 5.21. The molecule has 0 N–H and O–H groups in total. The van der Waals surface area contributed by atoms with E-state index in [9.17, 15) is 4.79 Å². The number of para-hydroxylation sites is 2. The molecule has 4 nitrogen and oxygen atoms in total. The summed E-state index contributed by atoms with van der Waals surface area (Å²) in [6, 6.07) is 9.66. The molecule has 1 aliphatic heterocycles. The first-order chi connectivity index (χ1) is 11.6. The second kappa shape index (κ2) is 7.26. The maximum atomic E-state index is 12.7. The van der Waals surface area contributed by atoms with E-state index >= 15 is 0 Å². The SMILES string of the molecule is CCCc1cc(C(=O)N(C)C[C@H]2COc3ccccc3O2)sc1C. The lowest BCUT2D eigenvalue weighted by atomic mass is 10.1. The van der Waals surface area contributed by atoms with Gasteiger partial charge in [0.15, 0.2) is 17.6 Å². The average molecular weight is 345 g/mol. The second-order valence-corrected chi connectivity index (χ2v) is 7.38. The van der Waals surface area contributed by atoms with Gasteiger partial charge >= 0.3 is 0 Å². The number of hydrogen-bond acceptors (Lipinski definition) is 4. The number of nitrogens with zero attached hydrogens (tertiary/aromatic N) is 1. The number of amides is 1. The van der Waals surface area contributed by atoms with Crippen LogP contribution in [0.1, 0.15) is 33.5 Å². The normalized spacial score (nSPS) is 16.0. The van der Waals surface area contributed by atoms with Crippen LogP contribution in [0.4, 0.5) is 0 Å². The molecule has 0 saturated heterocycles. The zero-order valence-corrected chi connectivity index (χ0v) is 15.2. The molecule has 0 aliphatic carbocycles. The summed E-state index contributed by atoms with van der Waals surface area (Å²) in [6.07, 6.45) is 1.97. The average Bonchev–Trinajstić information content (AvgIpc) is 2.95. The summed E-state index contributed by atoms with van der Waals surface area (Å²) < 4.78 is 11.7. The van der Waals surface area contributed by atoms with Crippen LogP contribution in [0.2, 0.25) is 0 Å². The molecule has 5 heteroatoms. The van der Waals surface area contributed by atoms with Gasteiger partial charge in [-0.2, -0.15) is 0 Å². The summed E-state index contributed by atoms with van der Waals surface area (Å²) in [4.78, 5) is 16.4. The number of rotatable bonds is 5. The molecular weight excluding hydrogens is 322 g/mol. The van der Waals surface area contributed by atoms with E-state index in [-0.39, 0.29) is 12.0 Å². The van der Waals surface area contributed by atoms with Crippen LogP contribution in [-0.2, 0) is 6.42 Å². The summed E-state index contributed by atoms with van der Waals surface area (Å²) in [5.74, 6) is 1.56. The van der Waals surface area contributed by atoms with E-state index < -0.39 is 0 Å². The van der Waals surface area contributed by atoms with Crippen LogP contribution in [0, 0.1) is 6.92 Å². The van der Waals surface area contributed by atoms with Crippen molar-refractivity contribution >= 4 is 17.2 Å². The number of thiophene rings is 1. The molecule has 1 aromatic carbocycles. The van der Waals surface area contributed by atoms with Crippen LogP contribution in [-0.4, -0.2) is 37.1 Å². The Balaban J connectivity index is 1.64. The molecule has 1 amide bonds. The highest BCUT2D eigenvalue weighted by Gasteiger charge is 2.25. The van der Waals surface area contributed by atoms with Gasteiger partial charge in [0.25, 0.3) is 5.91 Å². The highest BCUT2D eigenvalue weighted by Crippen LogP contribution is 2.31. The summed E-state index contributed by atoms with van der Waals surface area (Å²) >= 11 is 1.58. The Labute approximate surface area is 147 Å². The maximum Gasteiger partial charge on any atom is 0.263 e. The van der Waals surface area contributed by atoms with Crippen molar-refractivity contribution in [3.05, 3.63) is 45.6 Å². The Kier molecular flexibility index (Phi) is 5.09. The maximum absolute atomic E-state index is 12.7. The van der Waals surface area contributed by atoms with Gasteiger partial charge in [-0.15, -0.1) is 11.3 Å². The van der Waals surface area contributed by atoms with Crippen molar-refractivity contribution < 1.29 is 14.3 Å². The predicted octanol–water partition coefficient (Wildman–Crippen LogP) is 3.92. The van der Waals surface area contributed by atoms with E-state index in [1.54, 1.807) is 16.2 Å². The van der Waals surface area contributed by atoms with Gasteiger partial charge in [0.05, 0.1) is 11.4 Å². The number of likely N-dealkylation sites (N-methyl/N-ethyl adjacent to an activating group) is 1. The Bertz CT molecular complexity index is 725. The molecule has 0 radical (unpaired) electrons. The minimum absolute atomic E-state index is 0.0490. The Hall–Kier alpha value is -2.01. The molecule has 2 heterocycles. The molecule has 1 aliphatic rings. The van der Waals surface area contributed by atoms with E-state index in [0.29, 0.717) is 13.2 Å². The molecule has 0 unspecified atom stereocenters. The van der Waals surface area contributed by atoms with Crippen molar-refractivity contribution in [2.75, 3.05) is 20.2 Å². The predicted molar refractivity (Wildman–Crippen MR) is 96.4 cm³/mol. The Morgan fingerprint density at radius 1 is 1.33 bits per heavy atom. The zero-order chi connectivity index (χ0) is 17.1. The third kappa shape index (κ3) is 3.56. The quantitative estimate of drug-likeness (QED) is 0.824. The number of ether oxygens (including phenoxy) is 2. The lowest BCUT2D eigenvalue weighted by Crippen LogP contribution is -2.41. The highest BCUT2D eigenvalue weighted by molar-refractivity contribution is 7.14. The van der Waals surface area contributed by atoms with Gasteiger partial charge in [-0.1, -0.05) is 25.5 Å². The minimum Gasteiger partial charge on any atom is -0.486 e. The molecule has 3 rings (SSSR count). The second-order valence-electron chi connectivity index (χ2n) is 6.13. The number of aryl methyl sites for hydroxylation is 2. The number of hydrogen-bond donors (Lipinski definition) is 0. The van der Waals surface area contributed by atoms with E-state index in [1.807, 2.05) is 37.4 Å². The summed E-state index contributed by atoms with van der Waals surface area (Å²) in [5.41, 5.74) is 1.28. The summed E-state index contributed by atoms with van der Waals surface area (Å²) in [5, 5.41) is 0. The van der Waals surface area contributed by atoms with E-state index in [1.165, 1.54) is 10.4 Å². The monoisotopic (exact) mass is 345 g/mol. The van der Waals surface area contributed by atoms with Gasteiger partial charge in [-0.25, -0.2) is 0 Å².